The molecule has 2 N–H and O–H groups in total. The summed E-state index contributed by atoms with van der Waals surface area (Å²) < 4.78 is 5.05. The van der Waals surface area contributed by atoms with Crippen LogP contribution in [0.1, 0.15) is 28.2 Å². The van der Waals surface area contributed by atoms with Crippen molar-refractivity contribution in [3.05, 3.63) is 41.3 Å². The molecule has 1 amide bonds. The van der Waals surface area contributed by atoms with Gasteiger partial charge in [-0.2, -0.15) is 0 Å². The van der Waals surface area contributed by atoms with Gasteiger partial charge in [-0.1, -0.05) is 11.2 Å². The number of hydrogen-bond acceptors (Lipinski definition) is 4. The van der Waals surface area contributed by atoms with Gasteiger partial charge in [0.2, 0.25) is 5.76 Å². The molecule has 0 fully saturated rings. The van der Waals surface area contributed by atoms with Gasteiger partial charge in [-0.25, -0.2) is 0 Å². The number of rotatable bonds is 1. The van der Waals surface area contributed by atoms with E-state index in [1.165, 1.54) is 0 Å². The van der Waals surface area contributed by atoms with E-state index in [1.54, 1.807) is 17.9 Å². The van der Waals surface area contributed by atoms with Crippen LogP contribution in [0.3, 0.4) is 0 Å². The van der Waals surface area contributed by atoms with E-state index >= 15 is 0 Å². The molecule has 5 heteroatoms. The Morgan fingerprint density at radius 3 is 3.00 bits per heavy atom. The zero-order chi connectivity index (χ0) is 13.4. The fourth-order valence-electron chi connectivity index (χ4n) is 2.40. The van der Waals surface area contributed by atoms with Gasteiger partial charge in [-0.3, -0.25) is 4.79 Å². The molecular weight excluding hydrogens is 242 g/mol. The van der Waals surface area contributed by atoms with Crippen LogP contribution in [-0.2, 0) is 6.42 Å². The summed E-state index contributed by atoms with van der Waals surface area (Å²) in [5, 5.41) is 3.76. The van der Waals surface area contributed by atoms with Crippen molar-refractivity contribution < 1.29 is 9.32 Å². The highest BCUT2D eigenvalue weighted by Gasteiger charge is 2.26. The molecule has 0 saturated heterocycles. The number of aryl methyl sites for hydroxylation is 2. The molecule has 3 rings (SSSR count). The quantitative estimate of drug-likeness (QED) is 0.794. The highest BCUT2D eigenvalue weighted by molar-refractivity contribution is 6.05. The van der Waals surface area contributed by atoms with E-state index in [0.717, 1.165) is 24.1 Å². The average molecular weight is 257 g/mol. The molecule has 2 aromatic rings. The average Bonchev–Trinajstić information content (AvgIpc) is 2.84. The van der Waals surface area contributed by atoms with Crippen LogP contribution in [0.5, 0.6) is 0 Å². The van der Waals surface area contributed by atoms with Gasteiger partial charge in [0.05, 0.1) is 5.69 Å². The standard InChI is InChI=1S/C14H15N3O2/c1-9-7-13(19-16-9)14(18)17-6-2-3-10-4-5-11(15)8-12(10)17/h4-5,7-8H,2-3,6,15H2,1H3. The number of hydrogen-bond donors (Lipinski definition) is 1. The molecule has 0 unspecified atom stereocenters. The van der Waals surface area contributed by atoms with Crippen LogP contribution < -0.4 is 10.6 Å². The van der Waals surface area contributed by atoms with Crippen LogP contribution in [0.15, 0.2) is 28.8 Å². The van der Waals surface area contributed by atoms with E-state index in [9.17, 15) is 4.79 Å². The van der Waals surface area contributed by atoms with Crippen molar-refractivity contribution in [2.45, 2.75) is 19.8 Å². The third-order valence-electron chi connectivity index (χ3n) is 3.31. The minimum atomic E-state index is -0.160. The Morgan fingerprint density at radius 2 is 2.26 bits per heavy atom. The number of carbonyl (C=O) groups excluding carboxylic acids is 1. The number of amides is 1. The first-order valence-electron chi connectivity index (χ1n) is 6.29. The summed E-state index contributed by atoms with van der Waals surface area (Å²) >= 11 is 0. The Labute approximate surface area is 111 Å². The molecule has 1 aromatic heterocycles. The maximum atomic E-state index is 12.4. The molecular formula is C14H15N3O2. The van der Waals surface area contributed by atoms with Crippen LogP contribution >= 0.6 is 0 Å². The Balaban J connectivity index is 1.99. The summed E-state index contributed by atoms with van der Waals surface area (Å²) in [5.41, 5.74) is 9.20. The zero-order valence-corrected chi connectivity index (χ0v) is 10.7. The first kappa shape index (κ1) is 11.8. The number of anilines is 2. The second-order valence-electron chi connectivity index (χ2n) is 4.78. The number of carbonyl (C=O) groups is 1. The van der Waals surface area contributed by atoms with E-state index in [2.05, 4.69) is 5.16 Å². The highest BCUT2D eigenvalue weighted by atomic mass is 16.5. The molecule has 19 heavy (non-hydrogen) atoms. The molecule has 0 saturated carbocycles. The van der Waals surface area contributed by atoms with E-state index < -0.39 is 0 Å². The largest absolute Gasteiger partial charge is 0.399 e. The minimum Gasteiger partial charge on any atom is -0.399 e. The number of aromatic nitrogens is 1. The fraction of sp³-hybridized carbons (Fsp3) is 0.286. The van der Waals surface area contributed by atoms with Gasteiger partial charge in [0.15, 0.2) is 0 Å². The third kappa shape index (κ3) is 2.07. The summed E-state index contributed by atoms with van der Waals surface area (Å²) in [5.74, 6) is 0.111. The lowest BCUT2D eigenvalue weighted by atomic mass is 10.0. The fourth-order valence-corrected chi connectivity index (χ4v) is 2.40. The van der Waals surface area contributed by atoms with E-state index in [-0.39, 0.29) is 11.7 Å². The van der Waals surface area contributed by atoms with Gasteiger partial charge in [0.25, 0.3) is 5.91 Å². The number of benzene rings is 1. The second-order valence-corrected chi connectivity index (χ2v) is 4.78. The predicted molar refractivity (Wildman–Crippen MR) is 72.1 cm³/mol. The SMILES string of the molecule is Cc1cc(C(=O)N2CCCc3ccc(N)cc32)on1. The smallest absolute Gasteiger partial charge is 0.296 e. The van der Waals surface area contributed by atoms with Crippen molar-refractivity contribution in [1.82, 2.24) is 5.16 Å². The van der Waals surface area contributed by atoms with Crippen LogP contribution in [0, 0.1) is 6.92 Å². The Morgan fingerprint density at radius 1 is 1.42 bits per heavy atom. The summed E-state index contributed by atoms with van der Waals surface area (Å²) in [6.07, 6.45) is 1.91. The number of nitrogens with zero attached hydrogens (tertiary/aromatic N) is 2. The first-order valence-corrected chi connectivity index (χ1v) is 6.29. The molecule has 1 aromatic carbocycles. The van der Waals surface area contributed by atoms with Crippen LogP contribution in [-0.4, -0.2) is 17.6 Å². The molecule has 0 atom stereocenters. The van der Waals surface area contributed by atoms with Crippen LogP contribution in [0.4, 0.5) is 11.4 Å². The van der Waals surface area contributed by atoms with Gasteiger partial charge in [-0.05, 0) is 37.5 Å². The number of nitrogen functional groups attached to an aromatic ring is 1. The van der Waals surface area contributed by atoms with Crippen molar-refractivity contribution in [3.8, 4) is 0 Å². The van der Waals surface area contributed by atoms with Crippen LogP contribution in [0.25, 0.3) is 0 Å². The lowest BCUT2D eigenvalue weighted by Crippen LogP contribution is -2.35. The maximum Gasteiger partial charge on any atom is 0.296 e. The summed E-state index contributed by atoms with van der Waals surface area (Å²) in [4.78, 5) is 14.2. The Kier molecular flexibility index (Phi) is 2.74. The van der Waals surface area contributed by atoms with Gasteiger partial charge in [-0.15, -0.1) is 0 Å². The normalized spacial score (nSPS) is 14.3. The Bertz CT molecular complexity index is 633. The van der Waals surface area contributed by atoms with Crippen molar-refractivity contribution in [2.75, 3.05) is 17.2 Å². The van der Waals surface area contributed by atoms with Gasteiger partial charge >= 0.3 is 0 Å². The second kappa shape index (κ2) is 4.42. The van der Waals surface area contributed by atoms with E-state index in [0.29, 0.717) is 17.9 Å². The molecule has 2 heterocycles. The number of fused-ring (bicyclic) bond motifs is 1. The van der Waals surface area contributed by atoms with Crippen molar-refractivity contribution in [2.24, 2.45) is 0 Å². The monoisotopic (exact) mass is 257 g/mol. The van der Waals surface area contributed by atoms with Gasteiger partial charge in [0, 0.05) is 24.0 Å². The first-order chi connectivity index (χ1) is 9.15. The lowest BCUT2D eigenvalue weighted by Gasteiger charge is -2.28. The van der Waals surface area contributed by atoms with Crippen molar-refractivity contribution in [1.29, 1.82) is 0 Å². The van der Waals surface area contributed by atoms with E-state index in [1.807, 2.05) is 18.2 Å². The summed E-state index contributed by atoms with van der Waals surface area (Å²) in [7, 11) is 0. The lowest BCUT2D eigenvalue weighted by molar-refractivity contribution is 0.0949. The zero-order valence-electron chi connectivity index (χ0n) is 10.7. The minimum absolute atomic E-state index is 0.160. The Hall–Kier alpha value is -2.30. The molecule has 5 nitrogen and oxygen atoms in total. The maximum absolute atomic E-state index is 12.4. The summed E-state index contributed by atoms with van der Waals surface area (Å²) in [6, 6.07) is 7.35. The van der Waals surface area contributed by atoms with Gasteiger partial charge < -0.3 is 15.2 Å². The summed E-state index contributed by atoms with van der Waals surface area (Å²) in [6.45, 7) is 2.47. The molecule has 98 valence electrons. The third-order valence-corrected chi connectivity index (χ3v) is 3.31. The molecule has 1 aliphatic rings. The number of nitrogens with two attached hydrogens (primary N) is 1. The molecule has 1 aliphatic heterocycles. The molecule has 0 spiro atoms. The van der Waals surface area contributed by atoms with Gasteiger partial charge in [0.1, 0.15) is 0 Å². The van der Waals surface area contributed by atoms with Crippen LogP contribution in [0.2, 0.25) is 0 Å². The topological polar surface area (TPSA) is 72.4 Å². The predicted octanol–water partition coefficient (Wildman–Crippen LogP) is 2.16. The molecule has 0 bridgehead atoms. The van der Waals surface area contributed by atoms with Crippen molar-refractivity contribution >= 4 is 17.3 Å². The molecule has 0 aliphatic carbocycles. The van der Waals surface area contributed by atoms with E-state index in [4.69, 9.17) is 10.3 Å². The highest BCUT2D eigenvalue weighted by Crippen LogP contribution is 2.30. The molecule has 0 radical (unpaired) electrons. The van der Waals surface area contributed by atoms with Crippen molar-refractivity contribution in [3.63, 3.8) is 0 Å².